The number of hydrogen-bond acceptors (Lipinski definition) is 6. The lowest BCUT2D eigenvalue weighted by molar-refractivity contribution is -0.120. The molecule has 2 rings (SSSR count). The minimum absolute atomic E-state index is 0.164. The Morgan fingerprint density at radius 3 is 2.54 bits per heavy atom. The molecule has 2 amide bonds. The number of carbonyl (C=O) groups excluding carboxylic acids is 2. The lowest BCUT2D eigenvalue weighted by atomic mass is 10.1. The van der Waals surface area contributed by atoms with Gasteiger partial charge in [-0.2, -0.15) is 4.99 Å². The highest BCUT2D eigenvalue weighted by molar-refractivity contribution is 6.05. The molecule has 1 aromatic heterocycles. The summed E-state index contributed by atoms with van der Waals surface area (Å²) in [6.45, 7) is 11.3. The largest absolute Gasteiger partial charge is 0.302 e. The van der Waals surface area contributed by atoms with Crippen LogP contribution in [-0.4, -0.2) is 47.3 Å². The molecule has 0 aliphatic carbocycles. The van der Waals surface area contributed by atoms with Gasteiger partial charge in [0.1, 0.15) is 0 Å². The zero-order chi connectivity index (χ0) is 19.1. The van der Waals surface area contributed by atoms with E-state index in [0.717, 1.165) is 13.1 Å². The number of nitrogens with zero attached hydrogens (tertiary/aromatic N) is 3. The second-order valence-electron chi connectivity index (χ2n) is 7.26. The first-order valence-corrected chi connectivity index (χ1v) is 8.97. The Hall–Kier alpha value is -2.48. The summed E-state index contributed by atoms with van der Waals surface area (Å²) >= 11 is 0. The second kappa shape index (κ2) is 9.28. The number of aliphatic imine (C=N–C) groups is 1. The normalized spacial score (nSPS) is 13.8. The highest BCUT2D eigenvalue weighted by atomic mass is 16.2. The van der Waals surface area contributed by atoms with Crippen LogP contribution in [0.3, 0.4) is 0 Å². The van der Waals surface area contributed by atoms with E-state index in [-0.39, 0.29) is 23.6 Å². The fourth-order valence-electron chi connectivity index (χ4n) is 2.78. The highest BCUT2D eigenvalue weighted by Gasteiger charge is 2.18. The molecule has 0 radical (unpaired) electrons. The lowest BCUT2D eigenvalue weighted by Crippen LogP contribution is -2.49. The Morgan fingerprint density at radius 2 is 1.88 bits per heavy atom. The fraction of sp³-hybridized carbons (Fsp3) is 0.556. The van der Waals surface area contributed by atoms with Crippen molar-refractivity contribution in [2.45, 2.75) is 34.1 Å². The van der Waals surface area contributed by atoms with Crippen molar-refractivity contribution < 1.29 is 9.59 Å². The molecule has 0 atom stereocenters. The van der Waals surface area contributed by atoms with Crippen molar-refractivity contribution in [3.05, 3.63) is 23.9 Å². The molecule has 3 N–H and O–H groups in total. The van der Waals surface area contributed by atoms with E-state index in [1.807, 2.05) is 0 Å². The molecule has 1 aromatic rings. The van der Waals surface area contributed by atoms with Gasteiger partial charge in [-0.3, -0.25) is 25.8 Å². The summed E-state index contributed by atoms with van der Waals surface area (Å²) in [6.07, 6.45) is 1.90. The third-order valence-electron chi connectivity index (χ3n) is 3.70. The number of carbonyl (C=O) groups is 2. The van der Waals surface area contributed by atoms with Gasteiger partial charge >= 0.3 is 0 Å². The standard InChI is InChI=1S/C18H28N6O2/c1-12(2)10-24(11-13(3)4)9-7-15(25)20-18-21-16-14(6-5-8-19-16)17(26)22-23-18/h5-6,8,12-13H,7,9-11H2,1-4H3,(H,22,26)(H2,19,20,21,23,25). The molecule has 0 unspecified atom stereocenters. The molecule has 2 heterocycles. The Morgan fingerprint density at radius 1 is 1.19 bits per heavy atom. The van der Waals surface area contributed by atoms with Crippen LogP contribution in [0.1, 0.15) is 44.5 Å². The lowest BCUT2D eigenvalue weighted by Gasteiger charge is -2.25. The number of rotatable bonds is 7. The third kappa shape index (κ3) is 6.11. The topological polar surface area (TPSA) is 98.7 Å². The number of hydrogen-bond donors (Lipinski definition) is 3. The number of pyridine rings is 1. The molecular weight excluding hydrogens is 332 g/mol. The molecule has 0 spiro atoms. The molecule has 1 aliphatic rings. The quantitative estimate of drug-likeness (QED) is 0.683. The van der Waals surface area contributed by atoms with Gasteiger partial charge < -0.3 is 4.90 Å². The fourth-order valence-corrected chi connectivity index (χ4v) is 2.78. The minimum Gasteiger partial charge on any atom is -0.302 e. The third-order valence-corrected chi connectivity index (χ3v) is 3.70. The van der Waals surface area contributed by atoms with E-state index >= 15 is 0 Å². The second-order valence-corrected chi connectivity index (χ2v) is 7.26. The van der Waals surface area contributed by atoms with Gasteiger partial charge in [0.15, 0.2) is 5.82 Å². The van der Waals surface area contributed by atoms with E-state index in [0.29, 0.717) is 30.4 Å². The summed E-state index contributed by atoms with van der Waals surface area (Å²) < 4.78 is 0. The van der Waals surface area contributed by atoms with E-state index < -0.39 is 0 Å². The summed E-state index contributed by atoms with van der Waals surface area (Å²) in [7, 11) is 0. The number of guanidine groups is 1. The van der Waals surface area contributed by atoms with E-state index in [9.17, 15) is 9.59 Å². The summed E-state index contributed by atoms with van der Waals surface area (Å²) in [5.74, 6) is 1.01. The van der Waals surface area contributed by atoms with Crippen molar-refractivity contribution in [3.63, 3.8) is 0 Å². The maximum atomic E-state index is 12.3. The van der Waals surface area contributed by atoms with Crippen LogP contribution in [0.5, 0.6) is 0 Å². The predicted molar refractivity (Wildman–Crippen MR) is 101 cm³/mol. The SMILES string of the molecule is CC(C)CN(CCC(=O)NC1=Nc2ncccc2C(=O)NN1)CC(C)C. The van der Waals surface area contributed by atoms with Gasteiger partial charge in [0.25, 0.3) is 5.91 Å². The monoisotopic (exact) mass is 360 g/mol. The van der Waals surface area contributed by atoms with E-state index in [1.165, 1.54) is 0 Å². The van der Waals surface area contributed by atoms with E-state index in [4.69, 9.17) is 0 Å². The number of aromatic nitrogens is 1. The molecular formula is C18H28N6O2. The first-order chi connectivity index (χ1) is 12.3. The zero-order valence-corrected chi connectivity index (χ0v) is 15.9. The average Bonchev–Trinajstić information content (AvgIpc) is 2.71. The van der Waals surface area contributed by atoms with Crippen molar-refractivity contribution >= 4 is 23.6 Å². The van der Waals surface area contributed by atoms with Gasteiger partial charge in [-0.05, 0) is 24.0 Å². The summed E-state index contributed by atoms with van der Waals surface area (Å²) in [5, 5.41) is 2.70. The summed E-state index contributed by atoms with van der Waals surface area (Å²) in [4.78, 5) is 34.9. The van der Waals surface area contributed by atoms with Gasteiger partial charge in [0, 0.05) is 32.3 Å². The Bertz CT molecular complexity index is 661. The van der Waals surface area contributed by atoms with Gasteiger partial charge in [0.05, 0.1) is 5.56 Å². The number of fused-ring (bicyclic) bond motifs is 1. The Labute approximate surface area is 154 Å². The summed E-state index contributed by atoms with van der Waals surface area (Å²) in [5.41, 5.74) is 5.47. The van der Waals surface area contributed by atoms with Crippen LogP contribution in [0.4, 0.5) is 5.82 Å². The number of nitrogens with one attached hydrogen (secondary N) is 3. The highest BCUT2D eigenvalue weighted by Crippen LogP contribution is 2.15. The molecule has 142 valence electrons. The van der Waals surface area contributed by atoms with Crippen LogP contribution in [0.15, 0.2) is 23.3 Å². The molecule has 0 bridgehead atoms. The van der Waals surface area contributed by atoms with Crippen molar-refractivity contribution in [1.29, 1.82) is 0 Å². The molecule has 8 nitrogen and oxygen atoms in total. The Balaban J connectivity index is 1.94. The van der Waals surface area contributed by atoms with Crippen LogP contribution in [-0.2, 0) is 4.79 Å². The summed E-state index contributed by atoms with van der Waals surface area (Å²) in [6, 6.07) is 3.29. The zero-order valence-electron chi connectivity index (χ0n) is 15.9. The molecule has 0 saturated heterocycles. The smallest absolute Gasteiger partial charge is 0.273 e. The number of hydrazine groups is 1. The van der Waals surface area contributed by atoms with Gasteiger partial charge in [0.2, 0.25) is 11.9 Å². The van der Waals surface area contributed by atoms with E-state index in [2.05, 4.69) is 58.7 Å². The van der Waals surface area contributed by atoms with Crippen LogP contribution >= 0.6 is 0 Å². The van der Waals surface area contributed by atoms with Crippen molar-refractivity contribution in [2.75, 3.05) is 19.6 Å². The van der Waals surface area contributed by atoms with E-state index in [1.54, 1.807) is 18.3 Å². The van der Waals surface area contributed by atoms with Gasteiger partial charge in [-0.25, -0.2) is 4.98 Å². The maximum Gasteiger partial charge on any atom is 0.273 e. The first kappa shape index (κ1) is 19.8. The van der Waals surface area contributed by atoms with Crippen molar-refractivity contribution in [1.82, 2.24) is 26.1 Å². The van der Waals surface area contributed by atoms with Crippen LogP contribution < -0.4 is 16.2 Å². The number of amides is 2. The molecule has 1 aliphatic heterocycles. The average molecular weight is 360 g/mol. The van der Waals surface area contributed by atoms with Crippen LogP contribution in [0.2, 0.25) is 0 Å². The molecule has 0 fully saturated rings. The Kier molecular flexibility index (Phi) is 7.08. The first-order valence-electron chi connectivity index (χ1n) is 8.97. The molecule has 0 saturated carbocycles. The van der Waals surface area contributed by atoms with Crippen molar-refractivity contribution in [3.8, 4) is 0 Å². The van der Waals surface area contributed by atoms with Gasteiger partial charge in [-0.15, -0.1) is 0 Å². The molecule has 8 heteroatoms. The van der Waals surface area contributed by atoms with Gasteiger partial charge in [-0.1, -0.05) is 27.7 Å². The maximum absolute atomic E-state index is 12.3. The molecule has 26 heavy (non-hydrogen) atoms. The van der Waals surface area contributed by atoms with Crippen LogP contribution in [0.25, 0.3) is 0 Å². The van der Waals surface area contributed by atoms with Crippen molar-refractivity contribution in [2.24, 2.45) is 16.8 Å². The molecule has 0 aromatic carbocycles. The van der Waals surface area contributed by atoms with Crippen LogP contribution in [0, 0.1) is 11.8 Å². The minimum atomic E-state index is -0.346. The predicted octanol–water partition coefficient (Wildman–Crippen LogP) is 1.44.